The summed E-state index contributed by atoms with van der Waals surface area (Å²) in [5, 5.41) is 11.1. The van der Waals surface area contributed by atoms with Gasteiger partial charge in [0, 0.05) is 6.54 Å². The fraction of sp³-hybridized carbons (Fsp3) is 0.333. The molecule has 1 aromatic rings. The minimum Gasteiger partial charge on any atom is -0.497 e. The fourth-order valence-electron chi connectivity index (χ4n) is 2.05. The molecule has 0 radical (unpaired) electrons. The molecule has 10 heteroatoms. The van der Waals surface area contributed by atoms with Crippen LogP contribution >= 0.6 is 0 Å². The number of carbonyl (C=O) groups is 2. The maximum Gasteiger partial charge on any atom is 0.263 e. The molecule has 1 aliphatic heterocycles. The first-order chi connectivity index (χ1) is 10.4. The molecule has 0 bridgehead atoms. The predicted octanol–water partition coefficient (Wildman–Crippen LogP) is -1.31. The van der Waals surface area contributed by atoms with Crippen LogP contribution in [0, 0.1) is 0 Å². The van der Waals surface area contributed by atoms with Gasteiger partial charge in [0.25, 0.3) is 5.91 Å². The Hall–Kier alpha value is -2.17. The lowest BCUT2D eigenvalue weighted by Crippen LogP contribution is -2.61. The standard InChI is InChI=1S/C12H15N3O6S/c1-21-8-2-4-9(5-3-8)22(19,20)15-7-11(16)13-6-10(15)12(17)14-18/h2-5,10,18H,6-7H2,1H3,(H,13,16)(H,14,17). The van der Waals surface area contributed by atoms with Crippen LogP contribution in [0.3, 0.4) is 0 Å². The van der Waals surface area contributed by atoms with Crippen LogP contribution in [0.25, 0.3) is 0 Å². The van der Waals surface area contributed by atoms with E-state index in [9.17, 15) is 18.0 Å². The molecule has 0 spiro atoms. The average molecular weight is 329 g/mol. The summed E-state index contributed by atoms with van der Waals surface area (Å²) in [6.07, 6.45) is 0. The summed E-state index contributed by atoms with van der Waals surface area (Å²) in [6, 6.07) is 4.31. The molecule has 9 nitrogen and oxygen atoms in total. The van der Waals surface area contributed by atoms with E-state index < -0.39 is 34.4 Å². The molecule has 0 aliphatic carbocycles. The van der Waals surface area contributed by atoms with Crippen molar-refractivity contribution in [3.63, 3.8) is 0 Å². The van der Waals surface area contributed by atoms with Gasteiger partial charge >= 0.3 is 0 Å². The highest BCUT2D eigenvalue weighted by atomic mass is 32.2. The first kappa shape index (κ1) is 16.2. The second-order valence-electron chi connectivity index (χ2n) is 4.52. The van der Waals surface area contributed by atoms with Crippen LogP contribution in [-0.2, 0) is 19.6 Å². The Morgan fingerprint density at radius 3 is 2.59 bits per heavy atom. The van der Waals surface area contributed by atoms with Crippen LogP contribution in [0.4, 0.5) is 0 Å². The summed E-state index contributed by atoms with van der Waals surface area (Å²) < 4.78 is 30.9. The molecule has 1 aliphatic rings. The van der Waals surface area contributed by atoms with Crippen molar-refractivity contribution in [2.24, 2.45) is 0 Å². The van der Waals surface area contributed by atoms with E-state index >= 15 is 0 Å². The van der Waals surface area contributed by atoms with Crippen LogP contribution in [0.1, 0.15) is 0 Å². The first-order valence-electron chi connectivity index (χ1n) is 6.26. The normalized spacial score (nSPS) is 19.4. The predicted molar refractivity (Wildman–Crippen MR) is 73.6 cm³/mol. The van der Waals surface area contributed by atoms with Crippen LogP contribution in [-0.4, -0.2) is 56.0 Å². The highest BCUT2D eigenvalue weighted by Gasteiger charge is 2.40. The second-order valence-corrected chi connectivity index (χ2v) is 6.41. The lowest BCUT2D eigenvalue weighted by Gasteiger charge is -2.32. The van der Waals surface area contributed by atoms with Gasteiger partial charge in [-0.15, -0.1) is 0 Å². The van der Waals surface area contributed by atoms with Gasteiger partial charge in [0.05, 0.1) is 18.6 Å². The minimum absolute atomic E-state index is 0.0845. The average Bonchev–Trinajstić information content (AvgIpc) is 2.54. The Morgan fingerprint density at radius 1 is 1.41 bits per heavy atom. The van der Waals surface area contributed by atoms with E-state index in [0.717, 1.165) is 4.31 Å². The van der Waals surface area contributed by atoms with Crippen LogP contribution in [0.5, 0.6) is 5.75 Å². The summed E-state index contributed by atoms with van der Waals surface area (Å²) in [6.45, 7) is -0.729. The van der Waals surface area contributed by atoms with E-state index in [4.69, 9.17) is 9.94 Å². The van der Waals surface area contributed by atoms with Crippen LogP contribution in [0.15, 0.2) is 29.2 Å². The Labute approximate surface area is 126 Å². The summed E-state index contributed by atoms with van der Waals surface area (Å²) in [5.74, 6) is -0.976. The monoisotopic (exact) mass is 329 g/mol. The topological polar surface area (TPSA) is 125 Å². The van der Waals surface area contributed by atoms with E-state index in [0.29, 0.717) is 5.75 Å². The van der Waals surface area contributed by atoms with Crippen LogP contribution < -0.4 is 15.5 Å². The van der Waals surface area contributed by atoms with Gasteiger partial charge in [-0.05, 0) is 24.3 Å². The number of nitrogens with one attached hydrogen (secondary N) is 2. The summed E-state index contributed by atoms with van der Waals surface area (Å²) in [5.41, 5.74) is 1.40. The molecule has 0 aromatic heterocycles. The van der Waals surface area contributed by atoms with Gasteiger partial charge in [-0.25, -0.2) is 13.9 Å². The van der Waals surface area contributed by atoms with Crippen molar-refractivity contribution >= 4 is 21.8 Å². The minimum atomic E-state index is -4.08. The molecule has 1 heterocycles. The molecule has 2 rings (SSSR count). The molecule has 1 atom stereocenters. The van der Waals surface area contributed by atoms with Gasteiger partial charge in [-0.1, -0.05) is 0 Å². The van der Waals surface area contributed by atoms with Crippen LogP contribution in [0.2, 0.25) is 0 Å². The zero-order chi connectivity index (χ0) is 16.3. The number of rotatable bonds is 4. The molecule has 2 amide bonds. The maximum absolute atomic E-state index is 12.6. The quantitative estimate of drug-likeness (QED) is 0.465. The molecular formula is C12H15N3O6S. The van der Waals surface area contributed by atoms with Gasteiger partial charge in [0.1, 0.15) is 11.8 Å². The molecule has 3 N–H and O–H groups in total. The van der Waals surface area contributed by atoms with E-state index in [1.807, 2.05) is 0 Å². The van der Waals surface area contributed by atoms with Gasteiger partial charge < -0.3 is 10.1 Å². The third-order valence-electron chi connectivity index (χ3n) is 3.22. The zero-order valence-corrected chi connectivity index (χ0v) is 12.5. The van der Waals surface area contributed by atoms with Crippen molar-refractivity contribution < 1.29 is 28.0 Å². The van der Waals surface area contributed by atoms with Gasteiger partial charge in [-0.2, -0.15) is 4.31 Å². The number of ether oxygens (including phenoxy) is 1. The maximum atomic E-state index is 12.6. The van der Waals surface area contributed by atoms with E-state index in [1.165, 1.54) is 36.9 Å². The highest BCUT2D eigenvalue weighted by Crippen LogP contribution is 2.22. The van der Waals surface area contributed by atoms with Gasteiger partial charge in [-0.3, -0.25) is 14.8 Å². The lowest BCUT2D eigenvalue weighted by molar-refractivity contribution is -0.136. The van der Waals surface area contributed by atoms with E-state index in [2.05, 4.69) is 5.32 Å². The number of amides is 2. The Bertz CT molecular complexity index is 673. The lowest BCUT2D eigenvalue weighted by atomic mass is 10.2. The molecule has 0 saturated carbocycles. The van der Waals surface area contributed by atoms with Crippen molar-refractivity contribution in [1.29, 1.82) is 0 Å². The highest BCUT2D eigenvalue weighted by molar-refractivity contribution is 7.89. The van der Waals surface area contributed by atoms with Crippen molar-refractivity contribution in [3.05, 3.63) is 24.3 Å². The molecule has 120 valence electrons. The number of hydrogen-bond acceptors (Lipinski definition) is 6. The number of hydroxylamine groups is 1. The number of methoxy groups -OCH3 is 1. The number of benzene rings is 1. The number of sulfonamides is 1. The third kappa shape index (κ3) is 3.03. The fourth-order valence-corrected chi connectivity index (χ4v) is 3.60. The smallest absolute Gasteiger partial charge is 0.263 e. The van der Waals surface area contributed by atoms with Crippen molar-refractivity contribution in [2.75, 3.05) is 20.2 Å². The Balaban J connectivity index is 2.38. The Kier molecular flexibility index (Phi) is 4.64. The molecular weight excluding hydrogens is 314 g/mol. The SMILES string of the molecule is COc1ccc(S(=O)(=O)N2CC(=O)NCC2C(=O)NO)cc1. The van der Waals surface area contributed by atoms with E-state index in [-0.39, 0.29) is 11.4 Å². The molecule has 1 fully saturated rings. The first-order valence-corrected chi connectivity index (χ1v) is 7.70. The second kappa shape index (κ2) is 6.30. The van der Waals surface area contributed by atoms with E-state index in [1.54, 1.807) is 0 Å². The zero-order valence-electron chi connectivity index (χ0n) is 11.6. The molecule has 1 aromatic carbocycles. The summed E-state index contributed by atoms with van der Waals surface area (Å²) in [7, 11) is -2.63. The third-order valence-corrected chi connectivity index (χ3v) is 5.09. The molecule has 22 heavy (non-hydrogen) atoms. The largest absolute Gasteiger partial charge is 0.497 e. The number of piperazine rings is 1. The molecule has 1 unspecified atom stereocenters. The number of carbonyl (C=O) groups excluding carboxylic acids is 2. The Morgan fingerprint density at radius 2 is 2.05 bits per heavy atom. The summed E-state index contributed by atoms with van der Waals surface area (Å²) in [4.78, 5) is 23.0. The van der Waals surface area contributed by atoms with Gasteiger partial charge in [0.15, 0.2) is 0 Å². The number of nitrogens with zero attached hydrogens (tertiary/aromatic N) is 1. The van der Waals surface area contributed by atoms with Crippen molar-refractivity contribution in [3.8, 4) is 5.75 Å². The number of hydrogen-bond donors (Lipinski definition) is 3. The summed E-state index contributed by atoms with van der Waals surface area (Å²) >= 11 is 0. The van der Waals surface area contributed by atoms with Crippen molar-refractivity contribution in [2.45, 2.75) is 10.9 Å². The van der Waals surface area contributed by atoms with Crippen molar-refractivity contribution in [1.82, 2.24) is 15.1 Å². The molecule has 1 saturated heterocycles. The van der Waals surface area contributed by atoms with Gasteiger partial charge in [0.2, 0.25) is 15.9 Å².